The van der Waals surface area contributed by atoms with Crippen molar-refractivity contribution in [3.8, 4) is 0 Å². The van der Waals surface area contributed by atoms with Crippen LogP contribution in [0.15, 0.2) is 36.4 Å². The Bertz CT molecular complexity index is 1320. The third-order valence-electron chi connectivity index (χ3n) is 5.21. The number of nitrogens with zero attached hydrogens (tertiary/aromatic N) is 5. The molecular weight excluding hydrogens is 419 g/mol. The summed E-state index contributed by atoms with van der Waals surface area (Å²) in [4.78, 5) is 21.9. The molecule has 4 heterocycles. The molecule has 0 aliphatic carbocycles. The zero-order valence-electron chi connectivity index (χ0n) is 16.5. The quantitative estimate of drug-likeness (QED) is 0.483. The molecule has 0 spiro atoms. The predicted octanol–water partition coefficient (Wildman–Crippen LogP) is 4.45. The Morgan fingerprint density at radius 1 is 1.19 bits per heavy atom. The summed E-state index contributed by atoms with van der Waals surface area (Å²) in [6.45, 7) is 2.62. The number of halogens is 1. The van der Waals surface area contributed by atoms with Gasteiger partial charge in [-0.15, -0.1) is 10.2 Å². The topological polar surface area (TPSA) is 104 Å². The van der Waals surface area contributed by atoms with E-state index in [2.05, 4.69) is 25.5 Å². The van der Waals surface area contributed by atoms with Crippen molar-refractivity contribution in [3.63, 3.8) is 0 Å². The van der Waals surface area contributed by atoms with Crippen molar-refractivity contribution < 1.29 is 14.3 Å². The molecule has 5 rings (SSSR count). The Morgan fingerprint density at radius 3 is 2.84 bits per heavy atom. The molecule has 0 radical (unpaired) electrons. The predicted molar refractivity (Wildman–Crippen MR) is 116 cm³/mol. The fourth-order valence-electron chi connectivity index (χ4n) is 3.68. The maximum atomic E-state index is 14.0. The van der Waals surface area contributed by atoms with Crippen LogP contribution in [0.5, 0.6) is 0 Å². The van der Waals surface area contributed by atoms with Gasteiger partial charge in [0.15, 0.2) is 22.5 Å². The molecule has 0 atom stereocenters. The molecule has 10 heteroatoms. The van der Waals surface area contributed by atoms with Crippen LogP contribution in [-0.4, -0.2) is 37.8 Å². The Balaban J connectivity index is 1.50. The van der Waals surface area contributed by atoms with Gasteiger partial charge in [0, 0.05) is 17.7 Å². The molecule has 1 aliphatic rings. The number of aromatic nitrogens is 4. The van der Waals surface area contributed by atoms with Gasteiger partial charge in [-0.3, -0.25) is 0 Å². The average molecular weight is 436 g/mol. The van der Waals surface area contributed by atoms with E-state index in [1.54, 1.807) is 24.3 Å². The molecule has 1 aromatic carbocycles. The van der Waals surface area contributed by atoms with Crippen LogP contribution in [0.25, 0.3) is 10.2 Å². The van der Waals surface area contributed by atoms with Crippen molar-refractivity contribution in [2.75, 3.05) is 16.8 Å². The molecule has 0 saturated carbocycles. The third kappa shape index (κ3) is 3.44. The van der Waals surface area contributed by atoms with Crippen molar-refractivity contribution >= 4 is 50.1 Å². The van der Waals surface area contributed by atoms with E-state index in [1.807, 2.05) is 11.8 Å². The summed E-state index contributed by atoms with van der Waals surface area (Å²) in [7, 11) is 0. The smallest absolute Gasteiger partial charge is 0.354 e. The number of hydrogen-bond donors (Lipinski definition) is 2. The lowest BCUT2D eigenvalue weighted by Crippen LogP contribution is -2.28. The normalized spacial score (nSPS) is 13.3. The molecule has 1 aliphatic heterocycles. The van der Waals surface area contributed by atoms with Crippen LogP contribution in [0, 0.1) is 12.7 Å². The molecule has 156 valence electrons. The van der Waals surface area contributed by atoms with E-state index in [-0.39, 0.29) is 11.5 Å². The first-order valence-corrected chi connectivity index (χ1v) is 10.5. The van der Waals surface area contributed by atoms with Crippen LogP contribution < -0.4 is 10.2 Å². The zero-order chi connectivity index (χ0) is 21.5. The van der Waals surface area contributed by atoms with Gasteiger partial charge in [-0.2, -0.15) is 0 Å². The van der Waals surface area contributed by atoms with Crippen LogP contribution in [0.2, 0.25) is 0 Å². The highest BCUT2D eigenvalue weighted by Crippen LogP contribution is 2.36. The van der Waals surface area contributed by atoms with Gasteiger partial charge in [-0.25, -0.2) is 19.2 Å². The molecular formula is C21H17FN6O2S. The molecule has 3 aromatic heterocycles. The fraction of sp³-hybridized carbons (Fsp3) is 0.190. The lowest BCUT2D eigenvalue weighted by atomic mass is 10.0. The molecule has 0 unspecified atom stereocenters. The first kappa shape index (κ1) is 19.3. The minimum Gasteiger partial charge on any atom is -0.477 e. The summed E-state index contributed by atoms with van der Waals surface area (Å²) >= 11 is 1.23. The highest BCUT2D eigenvalue weighted by molar-refractivity contribution is 7.22. The first-order chi connectivity index (χ1) is 15.0. The highest BCUT2D eigenvalue weighted by Gasteiger charge is 2.25. The zero-order valence-corrected chi connectivity index (χ0v) is 17.3. The van der Waals surface area contributed by atoms with Crippen molar-refractivity contribution in [2.24, 2.45) is 0 Å². The van der Waals surface area contributed by atoms with E-state index >= 15 is 0 Å². The van der Waals surface area contributed by atoms with Gasteiger partial charge in [0.25, 0.3) is 0 Å². The second-order valence-corrected chi connectivity index (χ2v) is 8.15. The van der Waals surface area contributed by atoms with Crippen LogP contribution in [0.3, 0.4) is 0 Å². The van der Waals surface area contributed by atoms with E-state index < -0.39 is 5.97 Å². The molecule has 0 amide bonds. The van der Waals surface area contributed by atoms with E-state index in [0.29, 0.717) is 39.3 Å². The fourth-order valence-corrected chi connectivity index (χ4v) is 4.55. The maximum absolute atomic E-state index is 14.0. The molecule has 0 bridgehead atoms. The van der Waals surface area contributed by atoms with Gasteiger partial charge in [0.2, 0.25) is 0 Å². The van der Waals surface area contributed by atoms with Gasteiger partial charge >= 0.3 is 5.97 Å². The number of pyridine rings is 1. The van der Waals surface area contributed by atoms with Crippen molar-refractivity contribution in [2.45, 2.75) is 19.8 Å². The summed E-state index contributed by atoms with van der Waals surface area (Å²) in [5, 5.41) is 21.7. The number of carboxylic acids is 1. The Hall–Kier alpha value is -3.66. The largest absolute Gasteiger partial charge is 0.477 e. The molecule has 0 saturated heterocycles. The van der Waals surface area contributed by atoms with E-state index in [4.69, 9.17) is 0 Å². The number of rotatable bonds is 4. The van der Waals surface area contributed by atoms with Crippen molar-refractivity contribution in [3.05, 3.63) is 59.0 Å². The number of aromatic carboxylic acids is 1. The number of fused-ring (bicyclic) bond motifs is 2. The number of hydrogen-bond acceptors (Lipinski definition) is 8. The minimum absolute atomic E-state index is 0.0179. The second kappa shape index (κ2) is 7.55. The molecule has 0 fully saturated rings. The summed E-state index contributed by atoms with van der Waals surface area (Å²) in [5.41, 5.74) is 2.50. The van der Waals surface area contributed by atoms with E-state index in [9.17, 15) is 14.3 Å². The van der Waals surface area contributed by atoms with Crippen LogP contribution in [0.1, 0.15) is 28.0 Å². The standard InChI is InChI=1S/C21H17FN6O2S/c1-11-12-5-4-10-28(16-9-3-8-15(23-16)20(29)30)19(12)27-26-18(11)25-21-24-14-7-2-6-13(22)17(14)31-21/h2-3,6-9H,4-5,10H2,1H3,(H,29,30)(H,24,25,26). The van der Waals surface area contributed by atoms with Gasteiger partial charge in [0.05, 0.1) is 10.2 Å². The number of anilines is 4. The van der Waals surface area contributed by atoms with Gasteiger partial charge < -0.3 is 15.3 Å². The lowest BCUT2D eigenvalue weighted by Gasteiger charge is -2.30. The SMILES string of the molecule is Cc1c(Nc2nc3cccc(F)c3s2)nnc2c1CCCN2c1cccc(C(=O)O)n1. The van der Waals surface area contributed by atoms with E-state index in [0.717, 1.165) is 24.0 Å². The lowest BCUT2D eigenvalue weighted by molar-refractivity contribution is 0.0690. The van der Waals surface area contributed by atoms with Crippen LogP contribution in [-0.2, 0) is 6.42 Å². The van der Waals surface area contributed by atoms with Gasteiger partial charge in [-0.1, -0.05) is 23.5 Å². The van der Waals surface area contributed by atoms with E-state index in [1.165, 1.54) is 23.5 Å². The Labute approximate surface area is 180 Å². The van der Waals surface area contributed by atoms with Gasteiger partial charge in [-0.05, 0) is 44.0 Å². The van der Waals surface area contributed by atoms with Crippen molar-refractivity contribution in [1.29, 1.82) is 0 Å². The van der Waals surface area contributed by atoms with Gasteiger partial charge in [0.1, 0.15) is 11.6 Å². The number of carbonyl (C=O) groups is 1. The number of nitrogens with one attached hydrogen (secondary N) is 1. The monoisotopic (exact) mass is 436 g/mol. The average Bonchev–Trinajstić information content (AvgIpc) is 3.19. The number of thiazole rings is 1. The second-order valence-electron chi connectivity index (χ2n) is 7.15. The molecule has 8 nitrogen and oxygen atoms in total. The summed E-state index contributed by atoms with van der Waals surface area (Å²) in [6, 6.07) is 9.70. The molecule has 31 heavy (non-hydrogen) atoms. The summed E-state index contributed by atoms with van der Waals surface area (Å²) in [5.74, 6) is 0.375. The van der Waals surface area contributed by atoms with Crippen molar-refractivity contribution in [1.82, 2.24) is 20.2 Å². The van der Waals surface area contributed by atoms with Crippen LogP contribution >= 0.6 is 11.3 Å². The molecule has 2 N–H and O–H groups in total. The maximum Gasteiger partial charge on any atom is 0.354 e. The third-order valence-corrected chi connectivity index (χ3v) is 6.20. The van der Waals surface area contributed by atoms with Crippen LogP contribution in [0.4, 0.5) is 27.0 Å². The number of benzene rings is 1. The minimum atomic E-state index is -1.08. The highest BCUT2D eigenvalue weighted by atomic mass is 32.1. The summed E-state index contributed by atoms with van der Waals surface area (Å²) in [6.07, 6.45) is 1.68. The summed E-state index contributed by atoms with van der Waals surface area (Å²) < 4.78 is 14.5. The molecule has 4 aromatic rings. The first-order valence-electron chi connectivity index (χ1n) is 9.67. The number of carboxylic acid groups (broad SMARTS) is 1. The Morgan fingerprint density at radius 2 is 2.03 bits per heavy atom. The Kier molecular flexibility index (Phi) is 4.70.